The zero-order valence-corrected chi connectivity index (χ0v) is 9.12. The molecule has 2 nitrogen and oxygen atoms in total. The molecule has 4 bridgehead atoms. The average Bonchev–Trinajstić information content (AvgIpc) is 1.97. The average molecular weight is 196 g/mol. The maximum Gasteiger partial charge on any atom is 0.0717 e. The van der Waals surface area contributed by atoms with Gasteiger partial charge < -0.3 is 9.84 Å². The number of hydrogen-bond acceptors (Lipinski definition) is 2. The number of hydrogen-bond donors (Lipinski definition) is 1. The molecule has 2 heterocycles. The van der Waals surface area contributed by atoms with Crippen LogP contribution in [-0.2, 0) is 4.74 Å². The minimum atomic E-state index is -0.113. The molecule has 4 rings (SSSR count). The number of aliphatic hydroxyl groups excluding tert-OH is 1. The van der Waals surface area contributed by atoms with Crippen LogP contribution < -0.4 is 0 Å². The number of ether oxygens (including phenoxy) is 1. The van der Waals surface area contributed by atoms with Gasteiger partial charge >= 0.3 is 0 Å². The van der Waals surface area contributed by atoms with E-state index in [-0.39, 0.29) is 17.3 Å². The second-order valence-corrected chi connectivity index (χ2v) is 6.02. The summed E-state index contributed by atoms with van der Waals surface area (Å²) >= 11 is 0. The third-order valence-corrected chi connectivity index (χ3v) is 4.69. The lowest BCUT2D eigenvalue weighted by molar-refractivity contribution is -0.303. The summed E-state index contributed by atoms with van der Waals surface area (Å²) in [6.45, 7) is 4.39. The summed E-state index contributed by atoms with van der Waals surface area (Å²) in [6, 6.07) is 0. The summed E-state index contributed by atoms with van der Waals surface area (Å²) in [7, 11) is 0. The van der Waals surface area contributed by atoms with Gasteiger partial charge in [-0.2, -0.15) is 0 Å². The second kappa shape index (κ2) is 2.53. The molecule has 4 aliphatic rings. The van der Waals surface area contributed by atoms with Gasteiger partial charge in [0, 0.05) is 12.3 Å². The van der Waals surface area contributed by atoms with Crippen molar-refractivity contribution < 1.29 is 9.84 Å². The predicted molar refractivity (Wildman–Crippen MR) is 54.0 cm³/mol. The highest BCUT2D eigenvalue weighted by Crippen LogP contribution is 2.57. The Morgan fingerprint density at radius 1 is 1.29 bits per heavy atom. The van der Waals surface area contributed by atoms with Crippen LogP contribution in [0.2, 0.25) is 0 Å². The van der Waals surface area contributed by atoms with Gasteiger partial charge in [0.05, 0.1) is 17.3 Å². The fourth-order valence-electron chi connectivity index (χ4n) is 4.48. The largest absolute Gasteiger partial charge is 0.393 e. The van der Waals surface area contributed by atoms with E-state index in [1.54, 1.807) is 0 Å². The molecule has 2 aliphatic heterocycles. The van der Waals surface area contributed by atoms with Crippen LogP contribution in [0.25, 0.3) is 0 Å². The first-order chi connectivity index (χ1) is 6.53. The van der Waals surface area contributed by atoms with Crippen LogP contribution in [0, 0.1) is 11.8 Å². The molecule has 2 heteroatoms. The Balaban J connectivity index is 2.02. The van der Waals surface area contributed by atoms with Crippen molar-refractivity contribution in [2.24, 2.45) is 11.8 Å². The molecule has 0 unspecified atom stereocenters. The minimum absolute atomic E-state index is 0.0203. The van der Waals surface area contributed by atoms with Crippen molar-refractivity contribution in [3.63, 3.8) is 0 Å². The Labute approximate surface area is 85.6 Å². The highest BCUT2D eigenvalue weighted by molar-refractivity contribution is 5.09. The molecule has 2 saturated carbocycles. The Morgan fingerprint density at radius 3 is 2.71 bits per heavy atom. The summed E-state index contributed by atoms with van der Waals surface area (Å²) < 4.78 is 6.24. The van der Waals surface area contributed by atoms with Crippen molar-refractivity contribution in [1.29, 1.82) is 0 Å². The number of fused-ring (bicyclic) bond motifs is 1. The van der Waals surface area contributed by atoms with E-state index in [1.807, 2.05) is 0 Å². The van der Waals surface area contributed by atoms with Crippen LogP contribution in [0.15, 0.2) is 0 Å². The van der Waals surface area contributed by atoms with Gasteiger partial charge in [0.15, 0.2) is 0 Å². The molecule has 0 aromatic rings. The van der Waals surface area contributed by atoms with Crippen molar-refractivity contribution in [1.82, 2.24) is 0 Å². The molecule has 80 valence electrons. The van der Waals surface area contributed by atoms with Crippen LogP contribution in [0.5, 0.6) is 0 Å². The van der Waals surface area contributed by atoms with E-state index >= 15 is 0 Å². The SMILES string of the molecule is C[C@@]12C[C@H]3CCC[C@@](C)(O1)[C@H]3[C@H](O)C2. The summed E-state index contributed by atoms with van der Waals surface area (Å²) in [5, 5.41) is 10.2. The molecule has 14 heavy (non-hydrogen) atoms. The monoisotopic (exact) mass is 196 g/mol. The van der Waals surface area contributed by atoms with Crippen molar-refractivity contribution in [3.05, 3.63) is 0 Å². The zero-order chi connectivity index (χ0) is 9.97. The van der Waals surface area contributed by atoms with E-state index in [9.17, 15) is 5.11 Å². The van der Waals surface area contributed by atoms with Gasteiger partial charge in [-0.3, -0.25) is 0 Å². The molecular formula is C12H20O2. The Kier molecular flexibility index (Phi) is 1.66. The fraction of sp³-hybridized carbons (Fsp3) is 1.00. The lowest BCUT2D eigenvalue weighted by Gasteiger charge is -2.63. The molecule has 2 saturated heterocycles. The zero-order valence-electron chi connectivity index (χ0n) is 9.12. The van der Waals surface area contributed by atoms with Crippen LogP contribution in [0.1, 0.15) is 46.0 Å². The molecule has 0 amide bonds. The van der Waals surface area contributed by atoms with Crippen molar-refractivity contribution in [2.75, 3.05) is 0 Å². The molecule has 0 radical (unpaired) electrons. The van der Waals surface area contributed by atoms with Crippen molar-refractivity contribution in [3.8, 4) is 0 Å². The topological polar surface area (TPSA) is 29.5 Å². The first kappa shape index (κ1) is 9.17. The van der Waals surface area contributed by atoms with Gasteiger partial charge in [-0.1, -0.05) is 6.42 Å². The normalized spacial score (nSPS) is 61.5. The summed E-state index contributed by atoms with van der Waals surface area (Å²) in [5.74, 6) is 1.13. The van der Waals surface area contributed by atoms with Gasteiger partial charge in [-0.25, -0.2) is 0 Å². The first-order valence-corrected chi connectivity index (χ1v) is 5.91. The third-order valence-electron chi connectivity index (χ3n) is 4.69. The third kappa shape index (κ3) is 1.04. The van der Waals surface area contributed by atoms with E-state index in [0.29, 0.717) is 5.92 Å². The van der Waals surface area contributed by atoms with Crippen LogP contribution >= 0.6 is 0 Å². The predicted octanol–water partition coefficient (Wildman–Crippen LogP) is 2.11. The molecule has 0 spiro atoms. The number of aliphatic hydroxyl groups is 1. The van der Waals surface area contributed by atoms with E-state index in [1.165, 1.54) is 19.3 Å². The van der Waals surface area contributed by atoms with Crippen LogP contribution in [0.3, 0.4) is 0 Å². The lowest BCUT2D eigenvalue weighted by atomic mass is 9.56. The Bertz CT molecular complexity index is 265. The summed E-state index contributed by atoms with van der Waals surface area (Å²) in [6.07, 6.45) is 5.63. The summed E-state index contributed by atoms with van der Waals surface area (Å²) in [5.41, 5.74) is -0.0540. The molecule has 4 fully saturated rings. The van der Waals surface area contributed by atoms with Gasteiger partial charge in [0.25, 0.3) is 0 Å². The van der Waals surface area contributed by atoms with Crippen molar-refractivity contribution in [2.45, 2.75) is 63.3 Å². The maximum absolute atomic E-state index is 10.2. The van der Waals surface area contributed by atoms with E-state index in [4.69, 9.17) is 4.74 Å². The van der Waals surface area contributed by atoms with E-state index in [2.05, 4.69) is 13.8 Å². The molecule has 5 atom stereocenters. The standard InChI is InChI=1S/C12H20O2/c1-11-6-8-4-3-5-12(2,14-11)10(8)9(13)7-11/h8-10,13H,3-7H2,1-2H3/t8-,9-,10-,11+,12-/m1/s1. The minimum Gasteiger partial charge on any atom is -0.393 e. The smallest absolute Gasteiger partial charge is 0.0717 e. The fourth-order valence-corrected chi connectivity index (χ4v) is 4.48. The maximum atomic E-state index is 10.2. The van der Waals surface area contributed by atoms with Crippen molar-refractivity contribution >= 4 is 0 Å². The Morgan fingerprint density at radius 2 is 2.07 bits per heavy atom. The first-order valence-electron chi connectivity index (χ1n) is 5.91. The van der Waals surface area contributed by atoms with Gasteiger partial charge in [0.1, 0.15) is 0 Å². The molecule has 0 aromatic heterocycles. The highest BCUT2D eigenvalue weighted by atomic mass is 16.5. The van der Waals surface area contributed by atoms with E-state index < -0.39 is 0 Å². The number of rotatable bonds is 0. The second-order valence-electron chi connectivity index (χ2n) is 6.02. The van der Waals surface area contributed by atoms with Gasteiger partial charge in [-0.15, -0.1) is 0 Å². The molecule has 2 aliphatic carbocycles. The van der Waals surface area contributed by atoms with Gasteiger partial charge in [-0.05, 0) is 39.0 Å². The Hall–Kier alpha value is -0.0800. The van der Waals surface area contributed by atoms with Crippen LogP contribution in [0.4, 0.5) is 0 Å². The lowest BCUT2D eigenvalue weighted by Crippen LogP contribution is -2.66. The van der Waals surface area contributed by atoms with Crippen LogP contribution in [-0.4, -0.2) is 22.4 Å². The molecule has 0 aromatic carbocycles. The quantitative estimate of drug-likeness (QED) is 0.643. The summed E-state index contributed by atoms with van der Waals surface area (Å²) in [4.78, 5) is 0. The molecular weight excluding hydrogens is 176 g/mol. The van der Waals surface area contributed by atoms with Gasteiger partial charge in [0.2, 0.25) is 0 Å². The van der Waals surface area contributed by atoms with E-state index in [0.717, 1.165) is 18.8 Å². The highest BCUT2D eigenvalue weighted by Gasteiger charge is 2.60. The molecule has 1 N–H and O–H groups in total.